The molecule has 1 amide bonds. The van der Waals surface area contributed by atoms with E-state index in [1.807, 2.05) is 17.1 Å². The lowest BCUT2D eigenvalue weighted by Gasteiger charge is -2.08. The number of benzene rings is 2. The molecule has 0 aliphatic heterocycles. The number of ether oxygens (including phenoxy) is 1. The fourth-order valence-corrected chi connectivity index (χ4v) is 2.77. The molecule has 0 spiro atoms. The van der Waals surface area contributed by atoms with Gasteiger partial charge in [-0.3, -0.25) is 4.79 Å². The van der Waals surface area contributed by atoms with E-state index >= 15 is 0 Å². The highest BCUT2D eigenvalue weighted by Gasteiger charge is 2.12. The first kappa shape index (κ1) is 22.7. The number of hydrogen-bond donors (Lipinski definition) is 5. The van der Waals surface area contributed by atoms with Crippen molar-refractivity contribution in [3.05, 3.63) is 55.1 Å². The predicted octanol–water partition coefficient (Wildman–Crippen LogP) is -1.54. The Morgan fingerprint density at radius 1 is 1.17 bits per heavy atom. The van der Waals surface area contributed by atoms with E-state index in [2.05, 4.69) is 5.32 Å². The van der Waals surface area contributed by atoms with Gasteiger partial charge in [-0.2, -0.15) is 0 Å². The van der Waals surface area contributed by atoms with Crippen LogP contribution in [-0.2, 0) is 17.9 Å². The van der Waals surface area contributed by atoms with Crippen molar-refractivity contribution in [2.75, 3.05) is 23.4 Å². The molecule has 30 heavy (non-hydrogen) atoms. The zero-order chi connectivity index (χ0) is 20.8. The fourth-order valence-electron chi connectivity index (χ4n) is 2.77. The van der Waals surface area contributed by atoms with Crippen LogP contribution in [0.1, 0.15) is 6.42 Å². The second-order valence-corrected chi connectivity index (χ2v) is 6.57. The van der Waals surface area contributed by atoms with Crippen LogP contribution in [0.4, 0.5) is 17.1 Å². The average Bonchev–Trinajstić information content (AvgIpc) is 3.09. The Labute approximate surface area is 179 Å². The van der Waals surface area contributed by atoms with Crippen LogP contribution in [0, 0.1) is 0 Å². The molecule has 1 aromatic heterocycles. The van der Waals surface area contributed by atoms with Gasteiger partial charge < -0.3 is 44.1 Å². The number of nitrogen functional groups attached to an aromatic ring is 2. The van der Waals surface area contributed by atoms with Crippen molar-refractivity contribution in [1.82, 2.24) is 4.57 Å². The molecule has 0 atom stereocenters. The molecule has 9 nitrogen and oxygen atoms in total. The lowest BCUT2D eigenvalue weighted by atomic mass is 10.2. The van der Waals surface area contributed by atoms with E-state index in [0.29, 0.717) is 30.3 Å². The highest BCUT2D eigenvalue weighted by Crippen LogP contribution is 2.27. The third kappa shape index (κ3) is 6.21. The number of aromatic hydroxyl groups is 2. The van der Waals surface area contributed by atoms with E-state index < -0.39 is 0 Å². The zero-order valence-electron chi connectivity index (χ0n) is 16.2. The second-order valence-electron chi connectivity index (χ2n) is 6.57. The molecule has 3 aromatic rings. The molecule has 0 fully saturated rings. The first-order valence-corrected chi connectivity index (χ1v) is 9.05. The SMILES string of the molecule is Nc1ccc(OCCCn2cc[n+](CC(=O)Nc3ccc(O)cc3O)c2)c(N)c1.[Cl-]. The molecule has 0 bridgehead atoms. The Hall–Kier alpha value is -3.59. The van der Waals surface area contributed by atoms with Crippen molar-refractivity contribution in [3.63, 3.8) is 0 Å². The smallest absolute Gasteiger partial charge is 0.266 e. The number of anilines is 3. The maximum absolute atomic E-state index is 12.1. The number of carbonyl (C=O) groups is 1. The molecular weight excluding hydrogens is 410 g/mol. The lowest BCUT2D eigenvalue weighted by Crippen LogP contribution is -3.00. The number of aryl methyl sites for hydroxylation is 1. The van der Waals surface area contributed by atoms with Gasteiger partial charge in [0.05, 0.1) is 24.5 Å². The van der Waals surface area contributed by atoms with E-state index in [4.69, 9.17) is 16.2 Å². The molecular formula is C20H24ClN5O4. The van der Waals surface area contributed by atoms with E-state index in [1.165, 1.54) is 18.2 Å². The summed E-state index contributed by atoms with van der Waals surface area (Å²) in [6, 6.07) is 9.14. The van der Waals surface area contributed by atoms with Gasteiger partial charge in [0, 0.05) is 18.2 Å². The van der Waals surface area contributed by atoms with Crippen LogP contribution in [0.3, 0.4) is 0 Å². The molecule has 3 rings (SSSR count). The fraction of sp³-hybridized carbons (Fsp3) is 0.200. The van der Waals surface area contributed by atoms with E-state index in [-0.39, 0.29) is 42.0 Å². The molecule has 0 saturated heterocycles. The zero-order valence-corrected chi connectivity index (χ0v) is 16.9. The summed E-state index contributed by atoms with van der Waals surface area (Å²) in [7, 11) is 0. The number of rotatable bonds is 8. The Balaban J connectivity index is 0.00000320. The first-order chi connectivity index (χ1) is 13.9. The summed E-state index contributed by atoms with van der Waals surface area (Å²) < 4.78 is 9.34. The molecule has 1 heterocycles. The van der Waals surface area contributed by atoms with Crippen LogP contribution >= 0.6 is 0 Å². The number of phenolic OH excluding ortho intramolecular Hbond substituents is 2. The maximum atomic E-state index is 12.1. The highest BCUT2D eigenvalue weighted by molar-refractivity contribution is 5.91. The minimum atomic E-state index is -0.295. The summed E-state index contributed by atoms with van der Waals surface area (Å²) in [6.07, 6.45) is 6.22. The van der Waals surface area contributed by atoms with Gasteiger partial charge in [0.2, 0.25) is 6.33 Å². The van der Waals surface area contributed by atoms with Crippen LogP contribution in [-0.4, -0.2) is 27.3 Å². The number of imidazole rings is 1. The highest BCUT2D eigenvalue weighted by atomic mass is 35.5. The van der Waals surface area contributed by atoms with E-state index in [0.717, 1.165) is 6.42 Å². The predicted molar refractivity (Wildman–Crippen MR) is 108 cm³/mol. The third-order valence-electron chi connectivity index (χ3n) is 4.18. The van der Waals surface area contributed by atoms with Gasteiger partial charge in [-0.05, 0) is 30.3 Å². The summed E-state index contributed by atoms with van der Waals surface area (Å²) in [5.41, 5.74) is 12.9. The summed E-state index contributed by atoms with van der Waals surface area (Å²) >= 11 is 0. The van der Waals surface area contributed by atoms with Crippen molar-refractivity contribution in [2.24, 2.45) is 0 Å². The Morgan fingerprint density at radius 3 is 2.70 bits per heavy atom. The number of halogens is 1. The number of nitrogens with one attached hydrogen (secondary N) is 1. The maximum Gasteiger partial charge on any atom is 0.266 e. The van der Waals surface area contributed by atoms with Crippen molar-refractivity contribution in [1.29, 1.82) is 0 Å². The summed E-state index contributed by atoms with van der Waals surface area (Å²) in [6.45, 7) is 1.29. The van der Waals surface area contributed by atoms with Gasteiger partial charge in [-0.1, -0.05) is 0 Å². The minimum absolute atomic E-state index is 0. The molecule has 7 N–H and O–H groups in total. The van der Waals surface area contributed by atoms with Crippen molar-refractivity contribution < 1.29 is 36.7 Å². The van der Waals surface area contributed by atoms with Crippen LogP contribution in [0.2, 0.25) is 0 Å². The van der Waals surface area contributed by atoms with E-state index in [1.54, 1.807) is 29.0 Å². The van der Waals surface area contributed by atoms with Gasteiger partial charge in [0.1, 0.15) is 29.6 Å². The number of carbonyl (C=O) groups excluding carboxylic acids is 1. The molecule has 0 radical (unpaired) electrons. The van der Waals surface area contributed by atoms with Gasteiger partial charge in [0.25, 0.3) is 5.91 Å². The third-order valence-corrected chi connectivity index (χ3v) is 4.18. The summed E-state index contributed by atoms with van der Waals surface area (Å²) in [5.74, 6) is 0.0458. The van der Waals surface area contributed by atoms with Gasteiger partial charge in [-0.15, -0.1) is 0 Å². The van der Waals surface area contributed by atoms with Crippen molar-refractivity contribution in [3.8, 4) is 17.2 Å². The molecule has 0 aliphatic carbocycles. The van der Waals surface area contributed by atoms with Gasteiger partial charge in [-0.25, -0.2) is 9.13 Å². The molecule has 0 aliphatic rings. The number of nitrogens with two attached hydrogens (primary N) is 2. The molecule has 0 saturated carbocycles. The largest absolute Gasteiger partial charge is 1.00 e. The summed E-state index contributed by atoms with van der Waals surface area (Å²) in [5, 5.41) is 21.6. The van der Waals surface area contributed by atoms with Crippen LogP contribution in [0.5, 0.6) is 17.2 Å². The second kappa shape index (κ2) is 10.3. The number of hydrogen-bond acceptors (Lipinski definition) is 6. The molecule has 160 valence electrons. The minimum Gasteiger partial charge on any atom is -1.00 e. The van der Waals surface area contributed by atoms with Crippen LogP contribution in [0.25, 0.3) is 0 Å². The van der Waals surface area contributed by atoms with Gasteiger partial charge >= 0.3 is 0 Å². The first-order valence-electron chi connectivity index (χ1n) is 9.05. The standard InChI is InChI=1S/C20H23N5O4.ClH/c21-14-2-5-19(16(22)10-14)29-9-1-6-24-7-8-25(13-24)12-20(28)23-17-4-3-15(26)11-18(17)27;/h2-5,7-8,10-11,13H,1,6,9,12,21-22H2,(H2-,23,26,27,28);1H. The topological polar surface area (TPSA) is 140 Å². The Bertz CT molecular complexity index is 1010. The average molecular weight is 434 g/mol. The van der Waals surface area contributed by atoms with Crippen molar-refractivity contribution >= 4 is 23.0 Å². The normalized spacial score (nSPS) is 10.3. The van der Waals surface area contributed by atoms with Gasteiger partial charge in [0.15, 0.2) is 6.54 Å². The quantitative estimate of drug-likeness (QED) is 0.0959. The monoisotopic (exact) mass is 433 g/mol. The molecule has 10 heteroatoms. The Kier molecular flexibility index (Phi) is 7.76. The number of aromatic nitrogens is 2. The summed E-state index contributed by atoms with van der Waals surface area (Å²) in [4.78, 5) is 12.1. The van der Waals surface area contributed by atoms with Crippen LogP contribution < -0.4 is 38.5 Å². The molecule has 2 aromatic carbocycles. The number of phenols is 2. The van der Waals surface area contributed by atoms with Crippen LogP contribution in [0.15, 0.2) is 55.1 Å². The number of amides is 1. The van der Waals surface area contributed by atoms with Crippen molar-refractivity contribution in [2.45, 2.75) is 19.5 Å². The van der Waals surface area contributed by atoms with E-state index in [9.17, 15) is 15.0 Å². The molecule has 0 unspecified atom stereocenters. The number of nitrogens with zero attached hydrogens (tertiary/aromatic N) is 2. The lowest BCUT2D eigenvalue weighted by molar-refractivity contribution is -0.683. The Morgan fingerprint density at radius 2 is 1.97 bits per heavy atom.